The molecule has 0 unspecified atom stereocenters. The Bertz CT molecular complexity index is 735. The van der Waals surface area contributed by atoms with Crippen molar-refractivity contribution < 1.29 is 9.72 Å². The molecule has 0 saturated heterocycles. The lowest BCUT2D eigenvalue weighted by atomic mass is 10.1. The normalized spacial score (nSPS) is 10.9. The molecule has 0 N–H and O–H groups in total. The van der Waals surface area contributed by atoms with E-state index in [2.05, 4.69) is 12.0 Å². The summed E-state index contributed by atoms with van der Waals surface area (Å²) in [5.41, 5.74) is 1.47. The van der Waals surface area contributed by atoms with Crippen molar-refractivity contribution in [2.75, 3.05) is 11.4 Å². The number of carbonyl (C=O) groups excluding carboxylic acids is 1. The largest absolute Gasteiger partial charge is 0.320 e. The van der Waals surface area contributed by atoms with Gasteiger partial charge in [-0.1, -0.05) is 32.9 Å². The maximum atomic E-state index is 12.9. The van der Waals surface area contributed by atoms with Crippen LogP contribution in [-0.4, -0.2) is 27.2 Å². The molecular weight excluding hydrogens is 308 g/mol. The molecule has 0 radical (unpaired) electrons. The lowest BCUT2D eigenvalue weighted by Gasteiger charge is -2.24. The number of amides is 1. The molecule has 7 heteroatoms. The van der Waals surface area contributed by atoms with Crippen molar-refractivity contribution in [3.8, 4) is 0 Å². The second-order valence-electron chi connectivity index (χ2n) is 6.12. The molecule has 0 saturated carbocycles. The van der Waals surface area contributed by atoms with E-state index in [0.717, 1.165) is 6.42 Å². The van der Waals surface area contributed by atoms with Crippen molar-refractivity contribution in [2.45, 2.75) is 27.2 Å². The van der Waals surface area contributed by atoms with Crippen LogP contribution in [0.25, 0.3) is 0 Å². The number of carbonyl (C=O) groups is 1. The van der Waals surface area contributed by atoms with E-state index in [1.54, 1.807) is 11.9 Å². The molecule has 7 nitrogen and oxygen atoms in total. The third-order valence-corrected chi connectivity index (χ3v) is 3.66. The molecule has 1 aromatic heterocycles. The molecule has 0 aliphatic rings. The lowest BCUT2D eigenvalue weighted by molar-refractivity contribution is -0.385. The van der Waals surface area contributed by atoms with E-state index in [4.69, 9.17) is 0 Å². The number of hydrogen-bond donors (Lipinski definition) is 0. The molecule has 0 aliphatic carbocycles. The predicted molar refractivity (Wildman–Crippen MR) is 92.2 cm³/mol. The van der Waals surface area contributed by atoms with E-state index in [0.29, 0.717) is 12.2 Å². The van der Waals surface area contributed by atoms with Gasteiger partial charge in [-0.3, -0.25) is 19.6 Å². The van der Waals surface area contributed by atoms with Gasteiger partial charge in [-0.15, -0.1) is 0 Å². The van der Waals surface area contributed by atoms with Crippen LogP contribution >= 0.6 is 0 Å². The Hall–Kier alpha value is -2.70. The quantitative estimate of drug-likeness (QED) is 0.601. The molecule has 1 aromatic carbocycles. The standard InChI is InChI=1S/C17H22N4O3/c1-5-13-6-8-14(9-7-13)20(10-12(2)3)17(22)16-15(21(23)24)11-19(4)18-16/h6-9,11-12H,5,10H2,1-4H3. The van der Waals surface area contributed by atoms with Gasteiger partial charge in [-0.05, 0) is 30.0 Å². The maximum absolute atomic E-state index is 12.9. The summed E-state index contributed by atoms with van der Waals surface area (Å²) in [5.74, 6) is -0.247. The Balaban J connectivity index is 2.43. The molecule has 128 valence electrons. The van der Waals surface area contributed by atoms with Crippen molar-refractivity contribution in [2.24, 2.45) is 13.0 Å². The van der Waals surface area contributed by atoms with Crippen LogP contribution in [0.2, 0.25) is 0 Å². The number of nitrogens with zero attached hydrogens (tertiary/aromatic N) is 4. The third kappa shape index (κ3) is 3.79. The van der Waals surface area contributed by atoms with Crippen LogP contribution in [0, 0.1) is 16.0 Å². The first-order chi connectivity index (χ1) is 11.3. The van der Waals surface area contributed by atoms with Gasteiger partial charge < -0.3 is 4.90 Å². The Morgan fingerprint density at radius 1 is 1.33 bits per heavy atom. The first-order valence-electron chi connectivity index (χ1n) is 7.92. The summed E-state index contributed by atoms with van der Waals surface area (Å²) in [7, 11) is 1.56. The fraction of sp³-hybridized carbons (Fsp3) is 0.412. The molecule has 0 aliphatic heterocycles. The van der Waals surface area contributed by atoms with Gasteiger partial charge >= 0.3 is 5.69 Å². The highest BCUT2D eigenvalue weighted by molar-refractivity contribution is 6.07. The van der Waals surface area contributed by atoms with Crippen LogP contribution in [0.3, 0.4) is 0 Å². The second-order valence-corrected chi connectivity index (χ2v) is 6.12. The summed E-state index contributed by atoms with van der Waals surface area (Å²) in [6.45, 7) is 6.50. The van der Waals surface area contributed by atoms with E-state index >= 15 is 0 Å². The molecule has 1 heterocycles. The highest BCUT2D eigenvalue weighted by Crippen LogP contribution is 2.24. The van der Waals surface area contributed by atoms with Crippen molar-refractivity contribution in [1.82, 2.24) is 9.78 Å². The Kier molecular flexibility index (Phi) is 5.33. The zero-order valence-corrected chi connectivity index (χ0v) is 14.4. The molecule has 0 atom stereocenters. The number of nitro groups is 1. The van der Waals surface area contributed by atoms with Crippen LogP contribution < -0.4 is 4.90 Å². The van der Waals surface area contributed by atoms with Crippen molar-refractivity contribution in [1.29, 1.82) is 0 Å². The summed E-state index contributed by atoms with van der Waals surface area (Å²) in [6.07, 6.45) is 2.16. The van der Waals surface area contributed by atoms with Gasteiger partial charge in [0.05, 0.1) is 4.92 Å². The van der Waals surface area contributed by atoms with Gasteiger partial charge in [0.1, 0.15) is 6.20 Å². The Morgan fingerprint density at radius 2 is 1.96 bits per heavy atom. The number of aryl methyl sites for hydroxylation is 2. The minimum absolute atomic E-state index is 0.136. The SMILES string of the molecule is CCc1ccc(N(CC(C)C)C(=O)c2nn(C)cc2[N+](=O)[O-])cc1. The van der Waals surface area contributed by atoms with Crippen LogP contribution in [0.15, 0.2) is 30.5 Å². The van der Waals surface area contributed by atoms with Gasteiger partial charge in [0.25, 0.3) is 5.91 Å². The van der Waals surface area contributed by atoms with Crippen molar-refractivity contribution >= 4 is 17.3 Å². The minimum Gasteiger partial charge on any atom is -0.306 e. The van der Waals surface area contributed by atoms with Crippen molar-refractivity contribution in [3.63, 3.8) is 0 Å². The highest BCUT2D eigenvalue weighted by Gasteiger charge is 2.30. The lowest BCUT2D eigenvalue weighted by Crippen LogP contribution is -2.35. The predicted octanol–water partition coefficient (Wildman–Crippen LogP) is 3.19. The molecule has 0 bridgehead atoms. The Labute approximate surface area is 141 Å². The zero-order valence-electron chi connectivity index (χ0n) is 14.4. The monoisotopic (exact) mass is 330 g/mol. The van der Waals surface area contributed by atoms with Gasteiger partial charge in [0, 0.05) is 19.3 Å². The van der Waals surface area contributed by atoms with E-state index in [1.807, 2.05) is 38.1 Å². The smallest absolute Gasteiger partial charge is 0.306 e. The van der Waals surface area contributed by atoms with Gasteiger partial charge in [-0.2, -0.15) is 5.10 Å². The summed E-state index contributed by atoms with van der Waals surface area (Å²) in [4.78, 5) is 25.1. The van der Waals surface area contributed by atoms with Crippen molar-refractivity contribution in [3.05, 3.63) is 51.8 Å². The molecule has 2 rings (SSSR count). The first kappa shape index (κ1) is 17.7. The van der Waals surface area contributed by atoms with Crippen LogP contribution in [0.5, 0.6) is 0 Å². The van der Waals surface area contributed by atoms with Gasteiger partial charge in [0.15, 0.2) is 0 Å². The zero-order chi connectivity index (χ0) is 17.9. The number of hydrogen-bond acceptors (Lipinski definition) is 4. The van der Waals surface area contributed by atoms with E-state index in [9.17, 15) is 14.9 Å². The second kappa shape index (κ2) is 7.25. The highest BCUT2D eigenvalue weighted by atomic mass is 16.6. The fourth-order valence-electron chi connectivity index (χ4n) is 2.47. The third-order valence-electron chi connectivity index (χ3n) is 3.66. The van der Waals surface area contributed by atoms with Crippen LogP contribution in [0.4, 0.5) is 11.4 Å². The average Bonchev–Trinajstić information content (AvgIpc) is 2.94. The number of aromatic nitrogens is 2. The van der Waals surface area contributed by atoms with Gasteiger partial charge in [-0.25, -0.2) is 0 Å². The molecule has 1 amide bonds. The number of benzene rings is 1. The summed E-state index contributed by atoms with van der Waals surface area (Å²) < 4.78 is 1.29. The van der Waals surface area contributed by atoms with Gasteiger partial charge in [0.2, 0.25) is 5.69 Å². The summed E-state index contributed by atoms with van der Waals surface area (Å²) in [5, 5.41) is 15.2. The molecular formula is C17H22N4O3. The van der Waals surface area contributed by atoms with E-state index in [1.165, 1.54) is 16.4 Å². The summed E-state index contributed by atoms with van der Waals surface area (Å²) in [6, 6.07) is 7.66. The molecule has 2 aromatic rings. The molecule has 0 spiro atoms. The number of anilines is 1. The van der Waals surface area contributed by atoms with Crippen LogP contribution in [-0.2, 0) is 13.5 Å². The first-order valence-corrected chi connectivity index (χ1v) is 7.92. The fourth-order valence-corrected chi connectivity index (χ4v) is 2.47. The van der Waals surface area contributed by atoms with Crippen LogP contribution in [0.1, 0.15) is 36.8 Å². The minimum atomic E-state index is -0.575. The van der Waals surface area contributed by atoms with E-state index < -0.39 is 10.8 Å². The topological polar surface area (TPSA) is 81.3 Å². The average molecular weight is 330 g/mol. The Morgan fingerprint density at radius 3 is 2.46 bits per heavy atom. The summed E-state index contributed by atoms with van der Waals surface area (Å²) >= 11 is 0. The molecule has 24 heavy (non-hydrogen) atoms. The molecule has 0 fully saturated rings. The number of rotatable bonds is 6. The van der Waals surface area contributed by atoms with E-state index in [-0.39, 0.29) is 17.3 Å². The maximum Gasteiger partial charge on any atom is 0.320 e.